The zero-order chi connectivity index (χ0) is 13.2. The minimum absolute atomic E-state index is 0.0333. The van der Waals surface area contributed by atoms with E-state index in [0.29, 0.717) is 5.69 Å². The number of nitrogens with one attached hydrogen (secondary N) is 1. The third-order valence-corrected chi connectivity index (χ3v) is 4.59. The molecule has 0 saturated heterocycles. The Hall–Kier alpha value is -1.33. The molecular formula is C13H13ClN2O2S. The zero-order valence-electron chi connectivity index (χ0n) is 10.2. The molecule has 19 heavy (non-hydrogen) atoms. The van der Waals surface area contributed by atoms with Crippen LogP contribution in [0.25, 0.3) is 0 Å². The Balaban J connectivity index is 1.69. The van der Waals surface area contributed by atoms with Gasteiger partial charge in [-0.05, 0) is 30.9 Å². The molecule has 4 nitrogen and oxygen atoms in total. The highest BCUT2D eigenvalue weighted by molar-refractivity contribution is 7.16. The van der Waals surface area contributed by atoms with Crippen LogP contribution in [0.5, 0.6) is 0 Å². The summed E-state index contributed by atoms with van der Waals surface area (Å²) in [4.78, 5) is 13.3. The summed E-state index contributed by atoms with van der Waals surface area (Å²) in [6.07, 6.45) is 4.83. The molecule has 1 aliphatic carbocycles. The summed E-state index contributed by atoms with van der Waals surface area (Å²) >= 11 is 7.66. The molecule has 3 rings (SSSR count). The Labute approximate surface area is 119 Å². The molecule has 0 spiro atoms. The molecule has 6 heteroatoms. The predicted molar refractivity (Wildman–Crippen MR) is 73.4 cm³/mol. The minimum Gasteiger partial charge on any atom is -0.364 e. The summed E-state index contributed by atoms with van der Waals surface area (Å²) in [5.41, 5.74) is 1.83. The van der Waals surface area contributed by atoms with Crippen LogP contribution in [0.2, 0.25) is 4.34 Å². The lowest BCUT2D eigenvalue weighted by molar-refractivity contribution is -0.121. The van der Waals surface area contributed by atoms with Crippen LogP contribution in [0.15, 0.2) is 22.9 Å². The van der Waals surface area contributed by atoms with Crippen molar-refractivity contribution in [2.75, 3.05) is 0 Å². The van der Waals surface area contributed by atoms with Gasteiger partial charge in [0.1, 0.15) is 6.26 Å². The third-order valence-electron chi connectivity index (χ3n) is 3.25. The van der Waals surface area contributed by atoms with E-state index in [4.69, 9.17) is 16.1 Å². The topological polar surface area (TPSA) is 55.1 Å². The minimum atomic E-state index is -0.0333. The molecule has 2 heterocycles. The van der Waals surface area contributed by atoms with Gasteiger partial charge >= 0.3 is 0 Å². The summed E-state index contributed by atoms with van der Waals surface area (Å²) in [6.45, 7) is 0. The molecule has 0 radical (unpaired) electrons. The molecule has 1 amide bonds. The summed E-state index contributed by atoms with van der Waals surface area (Å²) in [6, 6.07) is 3.75. The Morgan fingerprint density at radius 2 is 2.53 bits per heavy atom. The van der Waals surface area contributed by atoms with Gasteiger partial charge in [-0.1, -0.05) is 16.8 Å². The highest BCUT2D eigenvalue weighted by atomic mass is 35.5. The van der Waals surface area contributed by atoms with Crippen molar-refractivity contribution in [3.05, 3.63) is 38.9 Å². The molecule has 100 valence electrons. The number of hydrogen-bond acceptors (Lipinski definition) is 4. The third kappa shape index (κ3) is 2.82. The SMILES string of the molecule is O=C(Cc1ccon1)NC1CCCc2sc(Cl)cc21. The normalized spacial score (nSPS) is 18.1. The summed E-state index contributed by atoms with van der Waals surface area (Å²) in [5, 5.41) is 6.80. The largest absolute Gasteiger partial charge is 0.364 e. The number of aromatic nitrogens is 1. The summed E-state index contributed by atoms with van der Waals surface area (Å²) < 4.78 is 5.51. The van der Waals surface area contributed by atoms with Crippen molar-refractivity contribution in [1.82, 2.24) is 10.5 Å². The van der Waals surface area contributed by atoms with Crippen molar-refractivity contribution in [2.45, 2.75) is 31.7 Å². The van der Waals surface area contributed by atoms with Gasteiger partial charge in [-0.25, -0.2) is 0 Å². The van der Waals surface area contributed by atoms with Gasteiger partial charge in [-0.2, -0.15) is 0 Å². The Kier molecular flexibility index (Phi) is 3.57. The predicted octanol–water partition coefficient (Wildman–Crippen LogP) is 3.13. The first kappa shape index (κ1) is 12.7. The molecule has 0 aromatic carbocycles. The first-order valence-electron chi connectivity index (χ1n) is 6.19. The summed E-state index contributed by atoms with van der Waals surface area (Å²) in [5.74, 6) is -0.0333. The van der Waals surface area contributed by atoms with Gasteiger partial charge in [0, 0.05) is 10.9 Å². The average Bonchev–Trinajstić information content (AvgIpc) is 2.97. The Morgan fingerprint density at radius 3 is 3.32 bits per heavy atom. The quantitative estimate of drug-likeness (QED) is 0.947. The molecule has 2 aromatic heterocycles. The number of fused-ring (bicyclic) bond motifs is 1. The van der Waals surface area contributed by atoms with Crippen LogP contribution in [-0.2, 0) is 17.6 Å². The van der Waals surface area contributed by atoms with Crippen molar-refractivity contribution in [1.29, 1.82) is 0 Å². The van der Waals surface area contributed by atoms with Crippen molar-refractivity contribution in [3.63, 3.8) is 0 Å². The second-order valence-corrected chi connectivity index (χ2v) is 6.38. The average molecular weight is 297 g/mol. The van der Waals surface area contributed by atoms with Gasteiger partial charge in [0.2, 0.25) is 5.91 Å². The van der Waals surface area contributed by atoms with Gasteiger partial charge in [-0.3, -0.25) is 4.79 Å². The summed E-state index contributed by atoms with van der Waals surface area (Å²) in [7, 11) is 0. The molecule has 0 fully saturated rings. The maximum Gasteiger partial charge on any atom is 0.226 e. The van der Waals surface area contributed by atoms with Crippen LogP contribution in [-0.4, -0.2) is 11.1 Å². The standard InChI is InChI=1S/C13H13ClN2O2S/c14-12-7-9-10(2-1-3-11(9)19-12)15-13(17)6-8-4-5-18-16-8/h4-5,7,10H,1-3,6H2,(H,15,17). The molecule has 1 atom stereocenters. The lowest BCUT2D eigenvalue weighted by Crippen LogP contribution is -2.31. The van der Waals surface area contributed by atoms with Crippen LogP contribution < -0.4 is 5.32 Å². The van der Waals surface area contributed by atoms with E-state index in [2.05, 4.69) is 10.5 Å². The van der Waals surface area contributed by atoms with Crippen molar-refractivity contribution < 1.29 is 9.32 Å². The van der Waals surface area contributed by atoms with E-state index in [1.165, 1.54) is 16.7 Å². The van der Waals surface area contributed by atoms with E-state index < -0.39 is 0 Å². The lowest BCUT2D eigenvalue weighted by atomic mass is 9.94. The van der Waals surface area contributed by atoms with Crippen molar-refractivity contribution in [3.8, 4) is 0 Å². The van der Waals surface area contributed by atoms with Crippen LogP contribution in [0, 0.1) is 0 Å². The molecule has 0 saturated carbocycles. The molecule has 2 aromatic rings. The molecular weight excluding hydrogens is 284 g/mol. The number of nitrogens with zero attached hydrogens (tertiary/aromatic N) is 1. The lowest BCUT2D eigenvalue weighted by Gasteiger charge is -2.23. The number of amides is 1. The second kappa shape index (κ2) is 5.35. The van der Waals surface area contributed by atoms with Crippen LogP contribution in [0.1, 0.15) is 35.0 Å². The highest BCUT2D eigenvalue weighted by Gasteiger charge is 2.24. The van der Waals surface area contributed by atoms with E-state index in [-0.39, 0.29) is 18.4 Å². The van der Waals surface area contributed by atoms with Gasteiger partial charge < -0.3 is 9.84 Å². The molecule has 1 N–H and O–H groups in total. The molecule has 0 aliphatic heterocycles. The zero-order valence-corrected chi connectivity index (χ0v) is 11.8. The van der Waals surface area contributed by atoms with Gasteiger partial charge in [0.15, 0.2) is 0 Å². The maximum atomic E-state index is 12.0. The second-order valence-electron chi connectivity index (χ2n) is 4.61. The monoisotopic (exact) mass is 296 g/mol. The molecule has 0 bridgehead atoms. The fourth-order valence-corrected chi connectivity index (χ4v) is 3.79. The fraction of sp³-hybridized carbons (Fsp3) is 0.385. The van der Waals surface area contributed by atoms with Gasteiger partial charge in [0.05, 0.1) is 22.5 Å². The van der Waals surface area contributed by atoms with Crippen molar-refractivity contribution in [2.24, 2.45) is 0 Å². The van der Waals surface area contributed by atoms with Crippen molar-refractivity contribution >= 4 is 28.8 Å². The van der Waals surface area contributed by atoms with Gasteiger partial charge in [-0.15, -0.1) is 11.3 Å². The van der Waals surface area contributed by atoms with E-state index in [9.17, 15) is 4.79 Å². The number of carbonyl (C=O) groups excluding carboxylic acids is 1. The number of halogens is 1. The van der Waals surface area contributed by atoms with Crippen LogP contribution in [0.3, 0.4) is 0 Å². The first-order chi connectivity index (χ1) is 9.22. The Bertz CT molecular complexity index is 579. The first-order valence-corrected chi connectivity index (χ1v) is 7.38. The van der Waals surface area contributed by atoms with E-state index in [1.54, 1.807) is 17.4 Å². The highest BCUT2D eigenvalue weighted by Crippen LogP contribution is 2.37. The van der Waals surface area contributed by atoms with E-state index in [0.717, 1.165) is 23.6 Å². The number of rotatable bonds is 3. The smallest absolute Gasteiger partial charge is 0.226 e. The van der Waals surface area contributed by atoms with Gasteiger partial charge in [0.25, 0.3) is 0 Å². The number of carbonyl (C=O) groups is 1. The van der Waals surface area contributed by atoms with E-state index >= 15 is 0 Å². The van der Waals surface area contributed by atoms with Crippen LogP contribution >= 0.6 is 22.9 Å². The molecule has 1 unspecified atom stereocenters. The number of hydrogen-bond donors (Lipinski definition) is 1. The number of aryl methyl sites for hydroxylation is 1. The molecule has 1 aliphatic rings. The Morgan fingerprint density at radius 1 is 1.63 bits per heavy atom. The fourth-order valence-electron chi connectivity index (χ4n) is 2.41. The number of thiophene rings is 1. The van der Waals surface area contributed by atoms with Crippen LogP contribution in [0.4, 0.5) is 0 Å². The van der Waals surface area contributed by atoms with E-state index in [1.807, 2.05) is 6.07 Å². The maximum absolute atomic E-state index is 12.0.